The third-order valence-electron chi connectivity index (χ3n) is 3.63. The van der Waals surface area contributed by atoms with Gasteiger partial charge in [-0.3, -0.25) is 0 Å². The summed E-state index contributed by atoms with van der Waals surface area (Å²) < 4.78 is 24.8. The van der Waals surface area contributed by atoms with Crippen LogP contribution in [0.15, 0.2) is 12.1 Å². The highest BCUT2D eigenvalue weighted by atomic mass is 19.1. The fourth-order valence-electron chi connectivity index (χ4n) is 2.44. The molecule has 1 saturated carbocycles. The van der Waals surface area contributed by atoms with Crippen LogP contribution in [-0.4, -0.2) is 13.2 Å². The van der Waals surface area contributed by atoms with Crippen LogP contribution in [0, 0.1) is 5.82 Å². The van der Waals surface area contributed by atoms with Crippen LogP contribution in [0.5, 0.6) is 11.5 Å². The molecule has 0 atom stereocenters. The number of rotatable bonds is 1. The van der Waals surface area contributed by atoms with E-state index in [0.717, 1.165) is 31.2 Å². The van der Waals surface area contributed by atoms with E-state index in [4.69, 9.17) is 15.2 Å². The summed E-state index contributed by atoms with van der Waals surface area (Å²) in [5.74, 6) is 0.384. The van der Waals surface area contributed by atoms with E-state index in [1.807, 2.05) is 0 Å². The molecule has 4 heteroatoms. The molecule has 1 fully saturated rings. The lowest BCUT2D eigenvalue weighted by molar-refractivity contribution is 0.235. The van der Waals surface area contributed by atoms with E-state index in [-0.39, 0.29) is 17.1 Å². The fraction of sp³-hybridized carbons (Fsp3) is 0.538. The maximum Gasteiger partial charge on any atom is 0.197 e. The van der Waals surface area contributed by atoms with E-state index >= 15 is 0 Å². The highest BCUT2D eigenvalue weighted by Gasteiger charge is 2.38. The molecule has 0 radical (unpaired) electrons. The summed E-state index contributed by atoms with van der Waals surface area (Å²) in [6.45, 7) is 1.05. The predicted molar refractivity (Wildman–Crippen MR) is 61.7 cm³/mol. The van der Waals surface area contributed by atoms with Gasteiger partial charge in [0, 0.05) is 17.5 Å². The maximum absolute atomic E-state index is 13.7. The first kappa shape index (κ1) is 10.8. The molecule has 1 heterocycles. The SMILES string of the molecule is NC1(c2ccc(F)c3c2OCCCO3)CCC1. The number of hydrogen-bond donors (Lipinski definition) is 1. The Morgan fingerprint density at radius 2 is 1.76 bits per heavy atom. The Balaban J connectivity index is 2.10. The molecule has 0 spiro atoms. The summed E-state index contributed by atoms with van der Waals surface area (Å²) in [4.78, 5) is 0. The van der Waals surface area contributed by atoms with Crippen LogP contribution in [0.1, 0.15) is 31.2 Å². The second-order valence-electron chi connectivity index (χ2n) is 4.81. The maximum atomic E-state index is 13.7. The van der Waals surface area contributed by atoms with Gasteiger partial charge in [0.25, 0.3) is 0 Å². The van der Waals surface area contributed by atoms with Crippen molar-refractivity contribution in [1.29, 1.82) is 0 Å². The van der Waals surface area contributed by atoms with Gasteiger partial charge in [0.1, 0.15) is 0 Å². The first-order valence-electron chi connectivity index (χ1n) is 6.08. The Bertz CT molecular complexity index is 443. The zero-order chi connectivity index (χ0) is 11.9. The van der Waals surface area contributed by atoms with Crippen molar-refractivity contribution < 1.29 is 13.9 Å². The van der Waals surface area contributed by atoms with Crippen molar-refractivity contribution in [2.45, 2.75) is 31.2 Å². The lowest BCUT2D eigenvalue weighted by Crippen LogP contribution is -2.43. The van der Waals surface area contributed by atoms with Crippen LogP contribution in [0.4, 0.5) is 4.39 Å². The van der Waals surface area contributed by atoms with Gasteiger partial charge in [0.15, 0.2) is 17.3 Å². The van der Waals surface area contributed by atoms with Gasteiger partial charge in [-0.2, -0.15) is 0 Å². The molecule has 1 aliphatic heterocycles. The number of nitrogens with two attached hydrogens (primary N) is 1. The van der Waals surface area contributed by atoms with Crippen molar-refractivity contribution >= 4 is 0 Å². The van der Waals surface area contributed by atoms with Gasteiger partial charge >= 0.3 is 0 Å². The zero-order valence-electron chi connectivity index (χ0n) is 9.67. The smallest absolute Gasteiger partial charge is 0.197 e. The van der Waals surface area contributed by atoms with E-state index in [0.29, 0.717) is 19.0 Å². The Labute approximate surface area is 99.7 Å². The van der Waals surface area contributed by atoms with Crippen LogP contribution >= 0.6 is 0 Å². The van der Waals surface area contributed by atoms with E-state index in [9.17, 15) is 4.39 Å². The van der Waals surface area contributed by atoms with Crippen LogP contribution in [0.25, 0.3) is 0 Å². The van der Waals surface area contributed by atoms with Crippen LogP contribution in [0.3, 0.4) is 0 Å². The van der Waals surface area contributed by atoms with Crippen LogP contribution < -0.4 is 15.2 Å². The molecule has 0 bridgehead atoms. The molecule has 3 nitrogen and oxygen atoms in total. The summed E-state index contributed by atoms with van der Waals surface area (Å²) in [6.07, 6.45) is 3.73. The second-order valence-corrected chi connectivity index (χ2v) is 4.81. The van der Waals surface area contributed by atoms with Gasteiger partial charge < -0.3 is 15.2 Å². The second kappa shape index (κ2) is 3.88. The van der Waals surface area contributed by atoms with Crippen LogP contribution in [-0.2, 0) is 5.54 Å². The quantitative estimate of drug-likeness (QED) is 0.815. The molecule has 92 valence electrons. The third kappa shape index (κ3) is 1.67. The zero-order valence-corrected chi connectivity index (χ0v) is 9.67. The predicted octanol–water partition coefficient (Wildman–Crippen LogP) is 2.32. The molecular formula is C13H16FNO2. The number of fused-ring (bicyclic) bond motifs is 1. The highest BCUT2D eigenvalue weighted by molar-refractivity contribution is 5.51. The highest BCUT2D eigenvalue weighted by Crippen LogP contribution is 2.47. The van der Waals surface area contributed by atoms with Crippen molar-refractivity contribution in [2.75, 3.05) is 13.2 Å². The third-order valence-corrected chi connectivity index (χ3v) is 3.63. The summed E-state index contributed by atoms with van der Waals surface area (Å²) in [6, 6.07) is 3.16. The molecular weight excluding hydrogens is 221 g/mol. The average Bonchev–Trinajstić information content (AvgIpc) is 2.53. The number of hydrogen-bond acceptors (Lipinski definition) is 3. The molecule has 0 aromatic heterocycles. The Kier molecular flexibility index (Phi) is 2.47. The van der Waals surface area contributed by atoms with E-state index in [2.05, 4.69) is 0 Å². The summed E-state index contributed by atoms with van der Waals surface area (Å²) in [7, 11) is 0. The minimum Gasteiger partial charge on any atom is -0.489 e. The van der Waals surface area contributed by atoms with Gasteiger partial charge in [-0.25, -0.2) is 4.39 Å². The van der Waals surface area contributed by atoms with Crippen molar-refractivity contribution in [3.05, 3.63) is 23.5 Å². The Morgan fingerprint density at radius 1 is 1.06 bits per heavy atom. The van der Waals surface area contributed by atoms with Crippen molar-refractivity contribution in [2.24, 2.45) is 5.73 Å². The lowest BCUT2D eigenvalue weighted by atomic mass is 9.72. The summed E-state index contributed by atoms with van der Waals surface area (Å²) in [5.41, 5.74) is 6.83. The van der Waals surface area contributed by atoms with Gasteiger partial charge in [-0.1, -0.05) is 6.07 Å². The number of halogens is 1. The minimum absolute atomic E-state index is 0.233. The van der Waals surface area contributed by atoms with Gasteiger partial charge in [-0.05, 0) is 25.3 Å². The molecule has 0 amide bonds. The largest absolute Gasteiger partial charge is 0.489 e. The molecule has 1 aromatic rings. The molecule has 0 saturated heterocycles. The van der Waals surface area contributed by atoms with Crippen molar-refractivity contribution in [1.82, 2.24) is 0 Å². The van der Waals surface area contributed by atoms with Gasteiger partial charge in [-0.15, -0.1) is 0 Å². The number of benzene rings is 1. The average molecular weight is 237 g/mol. The Morgan fingerprint density at radius 3 is 2.41 bits per heavy atom. The van der Waals surface area contributed by atoms with E-state index in [1.165, 1.54) is 6.07 Å². The normalized spacial score (nSPS) is 21.5. The fourth-order valence-corrected chi connectivity index (χ4v) is 2.44. The first-order chi connectivity index (χ1) is 8.21. The molecule has 2 aliphatic rings. The van der Waals surface area contributed by atoms with Gasteiger partial charge in [0.05, 0.1) is 13.2 Å². The van der Waals surface area contributed by atoms with Crippen molar-refractivity contribution in [3.8, 4) is 11.5 Å². The monoisotopic (exact) mass is 237 g/mol. The molecule has 1 aromatic carbocycles. The van der Waals surface area contributed by atoms with E-state index in [1.54, 1.807) is 6.07 Å². The molecule has 17 heavy (non-hydrogen) atoms. The lowest BCUT2D eigenvalue weighted by Gasteiger charge is -2.39. The van der Waals surface area contributed by atoms with Gasteiger partial charge in [0.2, 0.25) is 0 Å². The molecule has 2 N–H and O–H groups in total. The summed E-state index contributed by atoms with van der Waals surface area (Å²) in [5, 5.41) is 0. The minimum atomic E-state index is -0.367. The first-order valence-corrected chi connectivity index (χ1v) is 6.08. The standard InChI is InChI=1S/C13H16FNO2/c14-10-4-3-9(13(15)5-1-6-13)11-12(10)17-8-2-7-16-11/h3-4H,1-2,5-8,15H2. The van der Waals surface area contributed by atoms with Crippen molar-refractivity contribution in [3.63, 3.8) is 0 Å². The molecule has 3 rings (SSSR count). The Hall–Kier alpha value is -1.29. The topological polar surface area (TPSA) is 44.5 Å². The molecule has 0 unspecified atom stereocenters. The molecule has 1 aliphatic carbocycles. The van der Waals surface area contributed by atoms with Crippen LogP contribution in [0.2, 0.25) is 0 Å². The number of ether oxygens (including phenoxy) is 2. The van der Waals surface area contributed by atoms with E-state index < -0.39 is 0 Å². The summed E-state index contributed by atoms with van der Waals surface area (Å²) >= 11 is 0.